The molecule has 0 bridgehead atoms. The van der Waals surface area contributed by atoms with Crippen LogP contribution in [0.5, 0.6) is 5.75 Å². The van der Waals surface area contributed by atoms with Crippen LogP contribution in [0.3, 0.4) is 0 Å². The molecule has 3 aromatic carbocycles. The van der Waals surface area contributed by atoms with Crippen LogP contribution in [0.4, 0.5) is 5.69 Å². The van der Waals surface area contributed by atoms with Crippen LogP contribution < -0.4 is 15.4 Å². The van der Waals surface area contributed by atoms with E-state index in [1.807, 2.05) is 68.4 Å². The number of hydrogen-bond donors (Lipinski definition) is 2. The molecule has 8 heteroatoms. The molecule has 1 aliphatic heterocycles. The summed E-state index contributed by atoms with van der Waals surface area (Å²) >= 11 is 1.54. The van der Waals surface area contributed by atoms with Gasteiger partial charge in [-0.15, -0.1) is 21.8 Å². The summed E-state index contributed by atoms with van der Waals surface area (Å²) < 4.78 is 5.34. The SMILES string of the molecule is C/C=S1/c2ccc(C(=O)NCc3cnc(-c4ccc(OC)c(C)c4)s3)cc2NC(=O)c2ccccc21. The molecule has 2 amide bonds. The highest BCUT2D eigenvalue weighted by Crippen LogP contribution is 2.44. The minimum Gasteiger partial charge on any atom is -0.496 e. The maximum absolute atomic E-state index is 13.0. The molecule has 2 heterocycles. The predicted octanol–water partition coefficient (Wildman–Crippen LogP) is 6.13. The topological polar surface area (TPSA) is 80.3 Å². The van der Waals surface area contributed by atoms with Crippen LogP contribution in [0.25, 0.3) is 10.6 Å². The third kappa shape index (κ3) is 4.57. The number of anilines is 1. The Morgan fingerprint density at radius 2 is 1.97 bits per heavy atom. The normalized spacial score (nSPS) is 14.4. The van der Waals surface area contributed by atoms with Gasteiger partial charge in [-0.3, -0.25) is 9.59 Å². The molecule has 0 aliphatic carbocycles. The average molecular weight is 516 g/mol. The monoisotopic (exact) mass is 515 g/mol. The highest BCUT2D eigenvalue weighted by molar-refractivity contribution is 8.15. The van der Waals surface area contributed by atoms with Gasteiger partial charge >= 0.3 is 0 Å². The molecule has 2 N–H and O–H groups in total. The van der Waals surface area contributed by atoms with E-state index in [0.717, 1.165) is 36.6 Å². The van der Waals surface area contributed by atoms with Crippen LogP contribution in [0.1, 0.15) is 38.1 Å². The van der Waals surface area contributed by atoms with E-state index < -0.39 is 0 Å². The van der Waals surface area contributed by atoms with Gasteiger partial charge in [0.15, 0.2) is 0 Å². The molecule has 1 unspecified atom stereocenters. The fraction of sp³-hybridized carbons (Fsp3) is 0.143. The number of rotatable bonds is 5. The van der Waals surface area contributed by atoms with E-state index >= 15 is 0 Å². The molecule has 0 saturated carbocycles. The molecule has 0 fully saturated rings. The minimum atomic E-state index is -0.369. The summed E-state index contributed by atoms with van der Waals surface area (Å²) in [5.41, 5.74) is 3.88. The Kier molecular flexibility index (Phi) is 6.71. The number of nitrogens with zero attached hydrogens (tertiary/aromatic N) is 1. The predicted molar refractivity (Wildman–Crippen MR) is 147 cm³/mol. The van der Waals surface area contributed by atoms with Gasteiger partial charge in [0, 0.05) is 32.0 Å². The maximum atomic E-state index is 13.0. The Balaban J connectivity index is 1.33. The number of aromatic nitrogens is 1. The van der Waals surface area contributed by atoms with Gasteiger partial charge in [-0.2, -0.15) is 0 Å². The molecule has 36 heavy (non-hydrogen) atoms. The lowest BCUT2D eigenvalue weighted by Crippen LogP contribution is -2.22. The van der Waals surface area contributed by atoms with Gasteiger partial charge in [-0.05, 0) is 67.9 Å². The Morgan fingerprint density at radius 3 is 2.75 bits per heavy atom. The fourth-order valence-corrected chi connectivity index (χ4v) is 6.95. The van der Waals surface area contributed by atoms with Crippen LogP contribution in [-0.4, -0.2) is 29.3 Å². The smallest absolute Gasteiger partial charge is 0.256 e. The maximum Gasteiger partial charge on any atom is 0.256 e. The van der Waals surface area contributed by atoms with Crippen molar-refractivity contribution >= 4 is 44.7 Å². The first-order valence-electron chi connectivity index (χ1n) is 11.4. The Labute approximate surface area is 216 Å². The minimum absolute atomic E-state index is 0.160. The fourth-order valence-electron chi connectivity index (χ4n) is 4.17. The standard InChI is InChI=1S/C28H25N3O3S2/c1-4-36-24-8-6-5-7-21(24)27(33)31-22-14-18(10-12-25(22)36)26(32)29-15-20-16-30-28(35-20)19-9-11-23(34-3)17(2)13-19/h4-14,16H,15H2,1-3H3,(H,29,32)(H,31,33). The summed E-state index contributed by atoms with van der Waals surface area (Å²) in [5.74, 6) is 0.476. The summed E-state index contributed by atoms with van der Waals surface area (Å²) in [6, 6.07) is 19.1. The van der Waals surface area contributed by atoms with Crippen LogP contribution in [0.2, 0.25) is 0 Å². The third-order valence-corrected chi connectivity index (χ3v) is 9.13. The average Bonchev–Trinajstić information content (AvgIpc) is 3.33. The zero-order valence-corrected chi connectivity index (χ0v) is 21.8. The summed E-state index contributed by atoms with van der Waals surface area (Å²) in [4.78, 5) is 33.3. The van der Waals surface area contributed by atoms with Crippen molar-refractivity contribution in [3.63, 3.8) is 0 Å². The van der Waals surface area contributed by atoms with Crippen molar-refractivity contribution in [1.29, 1.82) is 0 Å². The number of aryl methyl sites for hydroxylation is 1. The summed E-state index contributed by atoms with van der Waals surface area (Å²) in [6.45, 7) is 4.37. The van der Waals surface area contributed by atoms with E-state index in [9.17, 15) is 9.59 Å². The van der Waals surface area contributed by atoms with Gasteiger partial charge < -0.3 is 15.4 Å². The number of methoxy groups -OCH3 is 1. The Hall–Kier alpha value is -3.75. The quantitative estimate of drug-likeness (QED) is 0.313. The van der Waals surface area contributed by atoms with Crippen molar-refractivity contribution in [1.82, 2.24) is 10.3 Å². The third-order valence-electron chi connectivity index (χ3n) is 5.95. The van der Waals surface area contributed by atoms with Gasteiger partial charge in [0.25, 0.3) is 11.8 Å². The zero-order valence-electron chi connectivity index (χ0n) is 20.1. The second kappa shape index (κ2) is 10.1. The molecular weight excluding hydrogens is 490 g/mol. The molecule has 182 valence electrons. The molecule has 1 atom stereocenters. The number of hydrogen-bond acceptors (Lipinski definition) is 5. The van der Waals surface area contributed by atoms with Crippen molar-refractivity contribution in [2.24, 2.45) is 0 Å². The number of nitrogens with one attached hydrogen (secondary N) is 2. The Morgan fingerprint density at radius 1 is 1.14 bits per heavy atom. The Bertz CT molecular complexity index is 1520. The molecule has 0 saturated heterocycles. The van der Waals surface area contributed by atoms with Crippen molar-refractivity contribution in [3.05, 3.63) is 88.4 Å². The number of carbonyl (C=O) groups is 2. The molecule has 1 aliphatic rings. The zero-order chi connectivity index (χ0) is 25.2. The van der Waals surface area contributed by atoms with E-state index in [1.54, 1.807) is 30.7 Å². The molecule has 6 nitrogen and oxygen atoms in total. The first-order chi connectivity index (χ1) is 17.5. The van der Waals surface area contributed by atoms with E-state index in [-0.39, 0.29) is 22.3 Å². The number of amides is 2. The van der Waals surface area contributed by atoms with Crippen molar-refractivity contribution in [2.45, 2.75) is 30.2 Å². The number of fused-ring (bicyclic) bond motifs is 2. The summed E-state index contributed by atoms with van der Waals surface area (Å²) in [7, 11) is 1.29. The van der Waals surface area contributed by atoms with Gasteiger partial charge in [0.05, 0.1) is 24.9 Å². The lowest BCUT2D eigenvalue weighted by atomic mass is 10.1. The second-order valence-electron chi connectivity index (χ2n) is 8.23. The number of thiazole rings is 1. The van der Waals surface area contributed by atoms with Gasteiger partial charge in [0.1, 0.15) is 10.8 Å². The van der Waals surface area contributed by atoms with E-state index in [4.69, 9.17) is 4.74 Å². The van der Waals surface area contributed by atoms with Crippen molar-refractivity contribution < 1.29 is 14.3 Å². The lowest BCUT2D eigenvalue weighted by molar-refractivity contribution is 0.0949. The van der Waals surface area contributed by atoms with Gasteiger partial charge in [-0.1, -0.05) is 17.5 Å². The molecule has 4 aromatic rings. The van der Waals surface area contributed by atoms with E-state index in [1.165, 1.54) is 0 Å². The van der Waals surface area contributed by atoms with Crippen LogP contribution in [-0.2, 0) is 6.54 Å². The van der Waals surface area contributed by atoms with Crippen LogP contribution in [0, 0.1) is 6.92 Å². The summed E-state index contributed by atoms with van der Waals surface area (Å²) in [5, 5.41) is 8.97. The van der Waals surface area contributed by atoms with E-state index in [2.05, 4.69) is 21.0 Å². The number of benzene rings is 3. The number of carbonyl (C=O) groups excluding carboxylic acids is 2. The lowest BCUT2D eigenvalue weighted by Gasteiger charge is -2.13. The molecular formula is C28H25N3O3S2. The van der Waals surface area contributed by atoms with Crippen LogP contribution in [0.15, 0.2) is 76.7 Å². The van der Waals surface area contributed by atoms with Gasteiger partial charge in [-0.25, -0.2) is 4.98 Å². The highest BCUT2D eigenvalue weighted by Gasteiger charge is 2.23. The van der Waals surface area contributed by atoms with Gasteiger partial charge in [0.2, 0.25) is 0 Å². The number of ether oxygens (including phenoxy) is 1. The van der Waals surface area contributed by atoms with Crippen molar-refractivity contribution in [2.75, 3.05) is 12.4 Å². The molecule has 0 spiro atoms. The summed E-state index contributed by atoms with van der Waals surface area (Å²) in [6.07, 6.45) is 1.79. The second-order valence-corrected chi connectivity index (χ2v) is 11.4. The molecule has 0 radical (unpaired) electrons. The first-order valence-corrected chi connectivity index (χ1v) is 13.5. The molecule has 5 rings (SSSR count). The van der Waals surface area contributed by atoms with Crippen LogP contribution >= 0.6 is 21.8 Å². The highest BCUT2D eigenvalue weighted by atomic mass is 32.2. The van der Waals surface area contributed by atoms with Crippen molar-refractivity contribution in [3.8, 4) is 16.3 Å². The molecule has 1 aromatic heterocycles. The first kappa shape index (κ1) is 24.0. The van der Waals surface area contributed by atoms with E-state index in [0.29, 0.717) is 23.4 Å². The largest absolute Gasteiger partial charge is 0.496 e.